The molecule has 5 rings (SSSR count). The molecule has 0 unspecified atom stereocenters. The first-order valence-electron chi connectivity index (χ1n) is 12.0. The van der Waals surface area contributed by atoms with Crippen molar-refractivity contribution in [2.75, 3.05) is 44.2 Å². The third-order valence-electron chi connectivity index (χ3n) is 6.43. The molecule has 2 aliphatic rings. The fourth-order valence-corrected chi connectivity index (χ4v) is 4.49. The zero-order valence-electron chi connectivity index (χ0n) is 19.2. The Bertz CT molecular complexity index is 1060. The highest BCUT2D eigenvalue weighted by Crippen LogP contribution is 2.33. The Balaban J connectivity index is 1.07. The Morgan fingerprint density at radius 2 is 1.85 bits per heavy atom. The van der Waals surface area contributed by atoms with Gasteiger partial charge in [-0.2, -0.15) is 4.98 Å². The molecule has 9 nitrogen and oxygen atoms in total. The molecule has 178 valence electrons. The summed E-state index contributed by atoms with van der Waals surface area (Å²) in [5.74, 6) is 3.44. The van der Waals surface area contributed by atoms with Crippen molar-refractivity contribution in [3.05, 3.63) is 54.6 Å². The quantitative estimate of drug-likeness (QED) is 0.535. The summed E-state index contributed by atoms with van der Waals surface area (Å²) in [4.78, 5) is 25.7. The van der Waals surface area contributed by atoms with Gasteiger partial charge in [0.15, 0.2) is 0 Å². The van der Waals surface area contributed by atoms with E-state index in [1.54, 1.807) is 6.20 Å². The number of rotatable bonds is 7. The Morgan fingerprint density at radius 1 is 1.06 bits per heavy atom. The number of carbonyl (C=O) groups is 1. The predicted molar refractivity (Wildman–Crippen MR) is 128 cm³/mol. The second kappa shape index (κ2) is 10.5. The molecule has 1 aliphatic heterocycles. The van der Waals surface area contributed by atoms with Gasteiger partial charge < -0.3 is 24.4 Å². The number of benzene rings is 1. The fraction of sp³-hybridized carbons (Fsp3) is 0.440. The van der Waals surface area contributed by atoms with Crippen molar-refractivity contribution in [2.24, 2.45) is 0 Å². The van der Waals surface area contributed by atoms with Crippen LogP contribution in [0.2, 0.25) is 0 Å². The zero-order chi connectivity index (χ0) is 23.2. The van der Waals surface area contributed by atoms with Crippen LogP contribution in [0.3, 0.4) is 0 Å². The van der Waals surface area contributed by atoms with E-state index < -0.39 is 0 Å². The number of para-hydroxylation sites is 1. The molecular weight excluding hydrogens is 432 g/mol. The van der Waals surface area contributed by atoms with Crippen LogP contribution in [0, 0.1) is 0 Å². The average molecular weight is 463 g/mol. The number of aromatic nitrogens is 3. The predicted octanol–water partition coefficient (Wildman–Crippen LogP) is 3.70. The number of amides is 2. The highest BCUT2D eigenvalue weighted by molar-refractivity contribution is 5.74. The highest BCUT2D eigenvalue weighted by atomic mass is 16.5. The minimum atomic E-state index is -0.0604. The molecule has 0 bridgehead atoms. The number of nitrogens with one attached hydrogen (secondary N) is 1. The number of carbonyl (C=O) groups excluding carboxylic acids is 1. The fourth-order valence-electron chi connectivity index (χ4n) is 4.49. The first kappa shape index (κ1) is 22.2. The second-order valence-corrected chi connectivity index (χ2v) is 8.71. The summed E-state index contributed by atoms with van der Waals surface area (Å²) in [7, 11) is 0. The minimum absolute atomic E-state index is 0.0604. The van der Waals surface area contributed by atoms with E-state index in [0.717, 1.165) is 49.0 Å². The number of anilines is 1. The van der Waals surface area contributed by atoms with Crippen LogP contribution in [0.1, 0.15) is 37.5 Å². The molecule has 34 heavy (non-hydrogen) atoms. The van der Waals surface area contributed by atoms with Crippen LogP contribution in [0.4, 0.5) is 10.6 Å². The van der Waals surface area contributed by atoms with E-state index in [9.17, 15) is 4.79 Å². The van der Waals surface area contributed by atoms with Gasteiger partial charge in [0.05, 0.1) is 6.54 Å². The molecule has 2 amide bonds. The maximum absolute atomic E-state index is 12.5. The lowest BCUT2D eigenvalue weighted by atomic mass is 10.1. The number of hydrogen-bond acceptors (Lipinski definition) is 7. The summed E-state index contributed by atoms with van der Waals surface area (Å²) >= 11 is 0. The highest BCUT2D eigenvalue weighted by Gasteiger charge is 2.24. The van der Waals surface area contributed by atoms with Crippen LogP contribution in [0.25, 0.3) is 11.4 Å². The number of pyridine rings is 1. The van der Waals surface area contributed by atoms with Crippen LogP contribution in [-0.2, 0) is 0 Å². The molecule has 1 saturated carbocycles. The Hall–Kier alpha value is -3.62. The molecule has 9 heteroatoms. The van der Waals surface area contributed by atoms with E-state index in [1.165, 1.54) is 12.8 Å². The number of hydrogen-bond donors (Lipinski definition) is 1. The molecular formula is C25H30N6O3. The summed E-state index contributed by atoms with van der Waals surface area (Å²) in [6.07, 6.45) is 6.52. The number of urea groups is 1. The van der Waals surface area contributed by atoms with Crippen molar-refractivity contribution < 1.29 is 14.1 Å². The van der Waals surface area contributed by atoms with Crippen LogP contribution in [-0.4, -0.2) is 65.4 Å². The van der Waals surface area contributed by atoms with Gasteiger partial charge in [0.2, 0.25) is 11.7 Å². The molecule has 1 N–H and O–H groups in total. The molecule has 1 saturated heterocycles. The molecule has 0 radical (unpaired) electrons. The molecule has 0 spiro atoms. The Morgan fingerprint density at radius 3 is 2.59 bits per heavy atom. The molecule has 2 aromatic heterocycles. The number of nitrogens with zero attached hydrogens (tertiary/aromatic N) is 5. The van der Waals surface area contributed by atoms with Gasteiger partial charge in [-0.3, -0.25) is 0 Å². The van der Waals surface area contributed by atoms with E-state index in [-0.39, 0.29) is 6.03 Å². The maximum atomic E-state index is 12.5. The maximum Gasteiger partial charge on any atom is 0.317 e. The second-order valence-electron chi connectivity index (χ2n) is 8.71. The van der Waals surface area contributed by atoms with E-state index in [1.807, 2.05) is 47.4 Å². The summed E-state index contributed by atoms with van der Waals surface area (Å²) < 4.78 is 11.1. The summed E-state index contributed by atoms with van der Waals surface area (Å²) in [5.41, 5.74) is 0.854. The third-order valence-corrected chi connectivity index (χ3v) is 6.43. The minimum Gasteiger partial charge on any atom is -0.492 e. The van der Waals surface area contributed by atoms with Crippen molar-refractivity contribution >= 4 is 11.8 Å². The van der Waals surface area contributed by atoms with E-state index >= 15 is 0 Å². The number of piperazine rings is 1. The van der Waals surface area contributed by atoms with Gasteiger partial charge >= 0.3 is 6.03 Å². The number of ether oxygens (including phenoxy) is 1. The standard InChI is InChI=1S/C25H30N6O3/c32-25(26-12-17-33-21-8-2-1-3-9-21)31-15-13-30(14-16-31)22-11-10-20(18-27-22)23-28-24(34-29-23)19-6-4-5-7-19/h1-3,8-11,18-19H,4-7,12-17H2,(H,26,32). The summed E-state index contributed by atoms with van der Waals surface area (Å²) in [6.45, 7) is 3.65. The zero-order valence-corrected chi connectivity index (χ0v) is 19.2. The van der Waals surface area contributed by atoms with Gasteiger partial charge in [-0.05, 0) is 37.1 Å². The van der Waals surface area contributed by atoms with Crippen molar-refractivity contribution in [3.63, 3.8) is 0 Å². The molecule has 2 fully saturated rings. The topological polar surface area (TPSA) is 96.6 Å². The first-order chi connectivity index (χ1) is 16.8. The van der Waals surface area contributed by atoms with E-state index in [2.05, 4.69) is 25.3 Å². The molecule has 3 heterocycles. The first-order valence-corrected chi connectivity index (χ1v) is 12.0. The van der Waals surface area contributed by atoms with Gasteiger partial charge in [-0.15, -0.1) is 0 Å². The third kappa shape index (κ3) is 5.30. The average Bonchev–Trinajstić information content (AvgIpc) is 3.60. The normalized spacial score (nSPS) is 16.6. The molecule has 1 aliphatic carbocycles. The van der Waals surface area contributed by atoms with E-state index in [4.69, 9.17) is 9.26 Å². The van der Waals surface area contributed by atoms with Crippen molar-refractivity contribution in [2.45, 2.75) is 31.6 Å². The lowest BCUT2D eigenvalue weighted by molar-refractivity contribution is 0.191. The van der Waals surface area contributed by atoms with E-state index in [0.29, 0.717) is 38.0 Å². The van der Waals surface area contributed by atoms with Crippen molar-refractivity contribution in [3.8, 4) is 17.1 Å². The molecule has 1 aromatic carbocycles. The van der Waals surface area contributed by atoms with Gasteiger partial charge in [0.1, 0.15) is 18.2 Å². The van der Waals surface area contributed by atoms with Gasteiger partial charge in [-0.25, -0.2) is 9.78 Å². The van der Waals surface area contributed by atoms with Crippen molar-refractivity contribution in [1.29, 1.82) is 0 Å². The van der Waals surface area contributed by atoms with Crippen LogP contribution >= 0.6 is 0 Å². The van der Waals surface area contributed by atoms with Gasteiger partial charge in [0, 0.05) is 43.9 Å². The Labute approximate surface area is 199 Å². The summed E-state index contributed by atoms with van der Waals surface area (Å²) in [5, 5.41) is 7.08. The van der Waals surface area contributed by atoms with Gasteiger partial charge in [-0.1, -0.05) is 36.2 Å². The van der Waals surface area contributed by atoms with Crippen LogP contribution in [0.5, 0.6) is 5.75 Å². The largest absolute Gasteiger partial charge is 0.492 e. The monoisotopic (exact) mass is 462 g/mol. The SMILES string of the molecule is O=C(NCCOc1ccccc1)N1CCN(c2ccc(-c3noc(C4CCCC4)n3)cn2)CC1. The van der Waals surface area contributed by atoms with Gasteiger partial charge in [0.25, 0.3) is 0 Å². The van der Waals surface area contributed by atoms with Crippen molar-refractivity contribution in [1.82, 2.24) is 25.3 Å². The Kier molecular flexibility index (Phi) is 6.88. The van der Waals surface area contributed by atoms with Crippen LogP contribution in [0.15, 0.2) is 53.2 Å². The molecule has 0 atom stereocenters. The molecule has 3 aromatic rings. The lowest BCUT2D eigenvalue weighted by Gasteiger charge is -2.35. The van der Waals surface area contributed by atoms with Crippen LogP contribution < -0.4 is 15.0 Å². The lowest BCUT2D eigenvalue weighted by Crippen LogP contribution is -2.52. The smallest absolute Gasteiger partial charge is 0.317 e. The summed E-state index contributed by atoms with van der Waals surface area (Å²) in [6, 6.07) is 13.5.